The lowest BCUT2D eigenvalue weighted by molar-refractivity contribution is 0.0697. The van der Waals surface area contributed by atoms with Crippen LogP contribution in [0.3, 0.4) is 0 Å². The fraction of sp³-hybridized carbons (Fsp3) is 0.211. The molecule has 0 saturated heterocycles. The average molecular weight is 432 g/mol. The van der Waals surface area contributed by atoms with Gasteiger partial charge in [0.05, 0.1) is 14.2 Å². The molecule has 3 rings (SSSR count). The highest BCUT2D eigenvalue weighted by Crippen LogP contribution is 2.32. The third-order valence-corrected chi connectivity index (χ3v) is 5.59. The smallest absolute Gasteiger partial charge is 0.335 e. The molecule has 0 aliphatic rings. The van der Waals surface area contributed by atoms with Gasteiger partial charge in [-0.15, -0.1) is 11.3 Å². The second-order valence-corrected chi connectivity index (χ2v) is 8.10. The molecule has 0 saturated carbocycles. The van der Waals surface area contributed by atoms with Gasteiger partial charge < -0.3 is 10.4 Å². The predicted octanol–water partition coefficient (Wildman–Crippen LogP) is 5.53. The van der Waals surface area contributed by atoms with Crippen molar-refractivity contribution in [1.82, 2.24) is 9.97 Å². The molecule has 134 valence electrons. The number of aromatic carboxylic acids is 1. The molecular weight excluding hydrogens is 414 g/mol. The third kappa shape index (κ3) is 3.94. The predicted molar refractivity (Wildman–Crippen MR) is 108 cm³/mol. The maximum atomic E-state index is 11.0. The van der Waals surface area contributed by atoms with Crippen LogP contribution >= 0.6 is 27.3 Å². The van der Waals surface area contributed by atoms with Gasteiger partial charge in [0.2, 0.25) is 0 Å². The highest BCUT2D eigenvalue weighted by molar-refractivity contribution is 9.11. The van der Waals surface area contributed by atoms with Crippen LogP contribution in [0.5, 0.6) is 0 Å². The number of aromatic nitrogens is 2. The van der Waals surface area contributed by atoms with Crippen molar-refractivity contribution >= 4 is 44.7 Å². The van der Waals surface area contributed by atoms with E-state index in [4.69, 9.17) is 15.1 Å². The standard InChI is InChI=1S/C19H18BrN3O2S/c1-3-13-14(4-2)22-18(15-9-10-16(20)26-15)23-17(13)21-12-7-5-11(6-8-12)19(24)25/h5-10H,3-4H2,1-2H3,(H,24,25)(H,21,22,23). The molecule has 0 radical (unpaired) electrons. The van der Waals surface area contributed by atoms with E-state index in [1.54, 1.807) is 35.6 Å². The Balaban J connectivity index is 2.02. The average Bonchev–Trinajstić information content (AvgIpc) is 3.08. The molecule has 26 heavy (non-hydrogen) atoms. The summed E-state index contributed by atoms with van der Waals surface area (Å²) in [6.07, 6.45) is 1.63. The van der Waals surface area contributed by atoms with Crippen LogP contribution in [0.1, 0.15) is 35.5 Å². The van der Waals surface area contributed by atoms with Gasteiger partial charge in [0.15, 0.2) is 5.82 Å². The van der Waals surface area contributed by atoms with E-state index in [-0.39, 0.29) is 5.56 Å². The van der Waals surface area contributed by atoms with Crippen LogP contribution in [0.25, 0.3) is 10.7 Å². The number of thiophene rings is 1. The van der Waals surface area contributed by atoms with E-state index in [0.717, 1.165) is 44.3 Å². The molecule has 0 spiro atoms. The largest absolute Gasteiger partial charge is 0.478 e. The minimum absolute atomic E-state index is 0.257. The zero-order chi connectivity index (χ0) is 18.7. The lowest BCUT2D eigenvalue weighted by Crippen LogP contribution is -2.07. The van der Waals surface area contributed by atoms with Crippen LogP contribution in [-0.4, -0.2) is 21.0 Å². The fourth-order valence-corrected chi connectivity index (χ4v) is 4.00. The zero-order valence-corrected chi connectivity index (χ0v) is 16.8. The number of halogens is 1. The van der Waals surface area contributed by atoms with Gasteiger partial charge >= 0.3 is 5.97 Å². The van der Waals surface area contributed by atoms with E-state index in [9.17, 15) is 4.79 Å². The molecule has 0 bridgehead atoms. The lowest BCUT2D eigenvalue weighted by Gasteiger charge is -2.15. The monoisotopic (exact) mass is 431 g/mol. The van der Waals surface area contributed by atoms with Crippen molar-refractivity contribution in [2.75, 3.05) is 5.32 Å². The van der Waals surface area contributed by atoms with E-state index in [2.05, 4.69) is 35.1 Å². The molecule has 0 atom stereocenters. The van der Waals surface area contributed by atoms with E-state index >= 15 is 0 Å². The molecule has 2 aromatic heterocycles. The summed E-state index contributed by atoms with van der Waals surface area (Å²) in [6.45, 7) is 4.17. The molecule has 5 nitrogen and oxygen atoms in total. The lowest BCUT2D eigenvalue weighted by atomic mass is 10.1. The quantitative estimate of drug-likeness (QED) is 0.536. The summed E-state index contributed by atoms with van der Waals surface area (Å²) in [7, 11) is 0. The number of anilines is 2. The molecule has 3 aromatic rings. The van der Waals surface area contributed by atoms with Gasteiger partial charge in [0.1, 0.15) is 5.82 Å². The van der Waals surface area contributed by atoms with Crippen LogP contribution in [-0.2, 0) is 12.8 Å². The number of carboxylic acids is 1. The number of hydrogen-bond donors (Lipinski definition) is 2. The molecule has 0 fully saturated rings. The summed E-state index contributed by atoms with van der Waals surface area (Å²) in [5.41, 5.74) is 3.15. The summed E-state index contributed by atoms with van der Waals surface area (Å²) in [6, 6.07) is 10.6. The first-order chi connectivity index (χ1) is 12.5. The Bertz CT molecular complexity index is 938. The first kappa shape index (κ1) is 18.5. The van der Waals surface area contributed by atoms with Gasteiger partial charge in [-0.25, -0.2) is 14.8 Å². The second-order valence-electron chi connectivity index (χ2n) is 5.64. The molecule has 0 amide bonds. The Labute approximate surface area is 164 Å². The second kappa shape index (κ2) is 7.97. The number of carboxylic acid groups (broad SMARTS) is 1. The van der Waals surface area contributed by atoms with Gasteiger partial charge in [-0.3, -0.25) is 0 Å². The van der Waals surface area contributed by atoms with Crippen molar-refractivity contribution in [2.45, 2.75) is 26.7 Å². The normalized spacial score (nSPS) is 10.7. The summed E-state index contributed by atoms with van der Waals surface area (Å²) in [5, 5.41) is 12.4. The van der Waals surface area contributed by atoms with Gasteiger partial charge in [-0.2, -0.15) is 0 Å². The molecule has 7 heteroatoms. The van der Waals surface area contributed by atoms with E-state index < -0.39 is 5.97 Å². The van der Waals surface area contributed by atoms with Crippen LogP contribution in [0.15, 0.2) is 40.2 Å². The van der Waals surface area contributed by atoms with Crippen molar-refractivity contribution in [1.29, 1.82) is 0 Å². The van der Waals surface area contributed by atoms with E-state index in [1.807, 2.05) is 12.1 Å². The molecule has 2 heterocycles. The van der Waals surface area contributed by atoms with E-state index in [0.29, 0.717) is 5.82 Å². The minimum atomic E-state index is -0.938. The molecule has 1 aromatic carbocycles. The van der Waals surface area contributed by atoms with Crippen LogP contribution in [0.4, 0.5) is 11.5 Å². The Hall–Kier alpha value is -2.25. The number of benzene rings is 1. The maximum Gasteiger partial charge on any atom is 0.335 e. The van der Waals surface area contributed by atoms with Crippen molar-refractivity contribution in [2.24, 2.45) is 0 Å². The zero-order valence-electron chi connectivity index (χ0n) is 14.4. The number of hydrogen-bond acceptors (Lipinski definition) is 5. The number of carbonyl (C=O) groups is 1. The SMILES string of the molecule is CCc1nc(-c2ccc(Br)s2)nc(Nc2ccc(C(=O)O)cc2)c1CC. The van der Waals surface area contributed by atoms with Crippen LogP contribution in [0, 0.1) is 0 Å². The number of aryl methyl sites for hydroxylation is 1. The maximum absolute atomic E-state index is 11.0. The first-order valence-electron chi connectivity index (χ1n) is 8.27. The van der Waals surface area contributed by atoms with Gasteiger partial charge in [-0.1, -0.05) is 13.8 Å². The Morgan fingerprint density at radius 3 is 2.38 bits per heavy atom. The number of nitrogens with one attached hydrogen (secondary N) is 1. The van der Waals surface area contributed by atoms with Crippen molar-refractivity contribution in [3.05, 3.63) is 57.0 Å². The van der Waals surface area contributed by atoms with Crippen molar-refractivity contribution in [3.63, 3.8) is 0 Å². The van der Waals surface area contributed by atoms with Crippen molar-refractivity contribution in [3.8, 4) is 10.7 Å². The van der Waals surface area contributed by atoms with Gasteiger partial charge in [-0.05, 0) is 65.2 Å². The van der Waals surface area contributed by atoms with Gasteiger partial charge in [0.25, 0.3) is 0 Å². The third-order valence-electron chi connectivity index (χ3n) is 3.97. The molecule has 0 aliphatic heterocycles. The fourth-order valence-electron chi connectivity index (χ4n) is 2.68. The van der Waals surface area contributed by atoms with Crippen LogP contribution < -0.4 is 5.32 Å². The first-order valence-corrected chi connectivity index (χ1v) is 9.88. The van der Waals surface area contributed by atoms with Crippen molar-refractivity contribution < 1.29 is 9.90 Å². The Morgan fingerprint density at radius 1 is 1.12 bits per heavy atom. The molecule has 2 N–H and O–H groups in total. The topological polar surface area (TPSA) is 75.1 Å². The minimum Gasteiger partial charge on any atom is -0.478 e. The summed E-state index contributed by atoms with van der Waals surface area (Å²) in [4.78, 5) is 21.5. The molecule has 0 aliphatic carbocycles. The van der Waals surface area contributed by atoms with Gasteiger partial charge in [0, 0.05) is 16.9 Å². The molecule has 0 unspecified atom stereocenters. The number of nitrogens with zero attached hydrogens (tertiary/aromatic N) is 2. The highest BCUT2D eigenvalue weighted by atomic mass is 79.9. The Kier molecular flexibility index (Phi) is 5.68. The van der Waals surface area contributed by atoms with Crippen LogP contribution in [0.2, 0.25) is 0 Å². The summed E-state index contributed by atoms with van der Waals surface area (Å²) >= 11 is 5.08. The van der Waals surface area contributed by atoms with E-state index in [1.165, 1.54) is 0 Å². The number of rotatable bonds is 6. The Morgan fingerprint density at radius 2 is 1.85 bits per heavy atom. The highest BCUT2D eigenvalue weighted by Gasteiger charge is 2.15. The summed E-state index contributed by atoms with van der Waals surface area (Å²) in [5.74, 6) is 0.521. The molecular formula is C19H18BrN3O2S. The summed E-state index contributed by atoms with van der Waals surface area (Å²) < 4.78 is 1.03.